The van der Waals surface area contributed by atoms with Crippen molar-refractivity contribution in [1.29, 1.82) is 0 Å². The van der Waals surface area contributed by atoms with E-state index in [1.165, 1.54) is 25.3 Å². The number of hydrogen-bond acceptors (Lipinski definition) is 4. The fourth-order valence-electron chi connectivity index (χ4n) is 1.08. The number of carbonyl (C=O) groups excluding carboxylic acids is 2. The Labute approximate surface area is 75.8 Å². The van der Waals surface area contributed by atoms with Crippen LogP contribution in [-0.4, -0.2) is 31.1 Å². The van der Waals surface area contributed by atoms with Crippen LogP contribution in [0.25, 0.3) is 0 Å². The molecule has 1 aliphatic rings. The summed E-state index contributed by atoms with van der Waals surface area (Å²) in [6.45, 7) is 3.47. The molecule has 4 heteroatoms. The van der Waals surface area contributed by atoms with Crippen molar-refractivity contribution in [3.05, 3.63) is 24.8 Å². The monoisotopic (exact) mass is 182 g/mol. The van der Waals surface area contributed by atoms with Crippen molar-refractivity contribution in [3.63, 3.8) is 0 Å². The molecule has 0 N–H and O–H groups in total. The molecule has 1 heterocycles. The maximum Gasteiger partial charge on any atom is 0.345 e. The van der Waals surface area contributed by atoms with Crippen molar-refractivity contribution in [3.8, 4) is 0 Å². The number of epoxide rings is 1. The van der Waals surface area contributed by atoms with Gasteiger partial charge in [0.25, 0.3) is 0 Å². The number of ether oxygens (including phenoxy) is 2. The first-order valence-electron chi connectivity index (χ1n) is 3.73. The van der Waals surface area contributed by atoms with E-state index in [4.69, 9.17) is 4.74 Å². The molecular formula is C9H10O4. The summed E-state index contributed by atoms with van der Waals surface area (Å²) in [5.41, 5.74) is -1.08. The molecule has 0 aromatic rings. The molecule has 2 atom stereocenters. The predicted octanol–water partition coefficient (Wildman–Crippen LogP) is 0.238. The standard InChI is InChI=1S/C9H10O4/c1-3-9(8(11)12-2)7(13-9)5-4-6-10/h3-7H,1H2,2H3/b5-4-. The lowest BCUT2D eigenvalue weighted by Gasteiger charge is -2.02. The van der Waals surface area contributed by atoms with Gasteiger partial charge in [-0.3, -0.25) is 4.79 Å². The van der Waals surface area contributed by atoms with E-state index in [1.54, 1.807) is 0 Å². The second-order valence-corrected chi connectivity index (χ2v) is 2.55. The van der Waals surface area contributed by atoms with E-state index in [0.29, 0.717) is 6.29 Å². The Morgan fingerprint density at radius 1 is 1.69 bits per heavy atom. The molecule has 1 rings (SSSR count). The minimum atomic E-state index is -1.08. The maximum absolute atomic E-state index is 11.2. The molecular weight excluding hydrogens is 172 g/mol. The van der Waals surface area contributed by atoms with Gasteiger partial charge in [0.15, 0.2) is 0 Å². The van der Waals surface area contributed by atoms with Gasteiger partial charge in [-0.15, -0.1) is 0 Å². The van der Waals surface area contributed by atoms with Crippen LogP contribution in [-0.2, 0) is 19.1 Å². The van der Waals surface area contributed by atoms with Crippen molar-refractivity contribution in [2.75, 3.05) is 7.11 Å². The minimum Gasteiger partial charge on any atom is -0.467 e. The third-order valence-electron chi connectivity index (χ3n) is 1.86. The van der Waals surface area contributed by atoms with Crippen LogP contribution in [0.4, 0.5) is 0 Å². The summed E-state index contributed by atoms with van der Waals surface area (Å²) in [5.74, 6) is -0.497. The van der Waals surface area contributed by atoms with Crippen molar-refractivity contribution >= 4 is 12.3 Å². The fraction of sp³-hybridized carbons (Fsp3) is 0.333. The SMILES string of the molecule is C=CC1(C(=O)OC)OC1/C=C\C=O. The predicted molar refractivity (Wildman–Crippen MR) is 45.0 cm³/mol. The lowest BCUT2D eigenvalue weighted by atomic mass is 10.1. The molecule has 0 saturated carbocycles. The highest BCUT2D eigenvalue weighted by molar-refractivity contribution is 5.86. The first-order valence-corrected chi connectivity index (χ1v) is 3.73. The van der Waals surface area contributed by atoms with E-state index < -0.39 is 17.7 Å². The van der Waals surface area contributed by atoms with E-state index in [9.17, 15) is 9.59 Å². The summed E-state index contributed by atoms with van der Waals surface area (Å²) in [7, 11) is 1.27. The summed E-state index contributed by atoms with van der Waals surface area (Å²) >= 11 is 0. The van der Waals surface area contributed by atoms with Gasteiger partial charge in [0.05, 0.1) is 7.11 Å². The molecule has 0 spiro atoms. The largest absolute Gasteiger partial charge is 0.467 e. The Hall–Kier alpha value is -1.42. The lowest BCUT2D eigenvalue weighted by Crippen LogP contribution is -2.25. The van der Waals surface area contributed by atoms with Gasteiger partial charge in [-0.25, -0.2) is 4.79 Å². The van der Waals surface area contributed by atoms with Gasteiger partial charge in [0, 0.05) is 0 Å². The molecule has 1 fully saturated rings. The Balaban J connectivity index is 2.68. The molecule has 4 nitrogen and oxygen atoms in total. The minimum absolute atomic E-state index is 0.428. The number of rotatable bonds is 4. The van der Waals surface area contributed by atoms with E-state index in [-0.39, 0.29) is 0 Å². The summed E-state index contributed by atoms with van der Waals surface area (Å²) in [4.78, 5) is 21.2. The highest BCUT2D eigenvalue weighted by atomic mass is 16.7. The zero-order valence-corrected chi connectivity index (χ0v) is 7.23. The van der Waals surface area contributed by atoms with Gasteiger partial charge in [-0.2, -0.15) is 0 Å². The van der Waals surface area contributed by atoms with Gasteiger partial charge < -0.3 is 9.47 Å². The Kier molecular flexibility index (Phi) is 2.63. The van der Waals surface area contributed by atoms with Crippen LogP contribution in [0.3, 0.4) is 0 Å². The molecule has 0 radical (unpaired) electrons. The number of carbonyl (C=O) groups is 2. The molecule has 1 aliphatic heterocycles. The number of esters is 1. The second kappa shape index (κ2) is 3.53. The smallest absolute Gasteiger partial charge is 0.345 e. The Bertz CT molecular complexity index is 269. The molecule has 2 unspecified atom stereocenters. The van der Waals surface area contributed by atoms with Crippen LogP contribution in [0.2, 0.25) is 0 Å². The molecule has 0 aliphatic carbocycles. The van der Waals surface area contributed by atoms with Crippen LogP contribution < -0.4 is 0 Å². The normalized spacial score (nSPS) is 31.3. The quantitative estimate of drug-likeness (QED) is 0.205. The number of aldehydes is 1. The average Bonchev–Trinajstić information content (AvgIpc) is 2.88. The Morgan fingerprint density at radius 2 is 2.38 bits per heavy atom. The van der Waals surface area contributed by atoms with Gasteiger partial charge in [-0.1, -0.05) is 6.58 Å². The average molecular weight is 182 g/mol. The van der Waals surface area contributed by atoms with Crippen LogP contribution in [0.1, 0.15) is 0 Å². The first kappa shape index (κ1) is 9.67. The highest BCUT2D eigenvalue weighted by Crippen LogP contribution is 2.39. The van der Waals surface area contributed by atoms with Crippen LogP contribution in [0.15, 0.2) is 24.8 Å². The number of allylic oxidation sites excluding steroid dienone is 1. The molecule has 0 amide bonds. The molecule has 0 aromatic carbocycles. The summed E-state index contributed by atoms with van der Waals surface area (Å²) in [6.07, 6.45) is 4.33. The summed E-state index contributed by atoms with van der Waals surface area (Å²) in [5, 5.41) is 0. The summed E-state index contributed by atoms with van der Waals surface area (Å²) in [6, 6.07) is 0. The topological polar surface area (TPSA) is 55.9 Å². The second-order valence-electron chi connectivity index (χ2n) is 2.55. The third-order valence-corrected chi connectivity index (χ3v) is 1.86. The zero-order valence-electron chi connectivity index (χ0n) is 7.23. The highest BCUT2D eigenvalue weighted by Gasteiger charge is 2.60. The maximum atomic E-state index is 11.2. The van der Waals surface area contributed by atoms with Gasteiger partial charge >= 0.3 is 5.97 Å². The molecule has 0 bridgehead atoms. The van der Waals surface area contributed by atoms with Crippen LogP contribution >= 0.6 is 0 Å². The van der Waals surface area contributed by atoms with Gasteiger partial charge in [0.1, 0.15) is 12.4 Å². The zero-order chi connectivity index (χ0) is 9.90. The van der Waals surface area contributed by atoms with E-state index in [1.807, 2.05) is 0 Å². The van der Waals surface area contributed by atoms with Gasteiger partial charge in [-0.05, 0) is 18.2 Å². The lowest BCUT2D eigenvalue weighted by molar-refractivity contribution is -0.144. The van der Waals surface area contributed by atoms with E-state index >= 15 is 0 Å². The van der Waals surface area contributed by atoms with Crippen LogP contribution in [0.5, 0.6) is 0 Å². The molecule has 0 aromatic heterocycles. The van der Waals surface area contributed by atoms with E-state index in [2.05, 4.69) is 11.3 Å². The number of methoxy groups -OCH3 is 1. The first-order chi connectivity index (χ1) is 6.21. The molecule has 1 saturated heterocycles. The third kappa shape index (κ3) is 1.53. The van der Waals surface area contributed by atoms with Crippen molar-refractivity contribution in [1.82, 2.24) is 0 Å². The van der Waals surface area contributed by atoms with Crippen molar-refractivity contribution in [2.45, 2.75) is 11.7 Å². The molecule has 13 heavy (non-hydrogen) atoms. The Morgan fingerprint density at radius 3 is 2.85 bits per heavy atom. The molecule has 70 valence electrons. The number of hydrogen-bond donors (Lipinski definition) is 0. The van der Waals surface area contributed by atoms with Gasteiger partial charge in [0.2, 0.25) is 5.60 Å². The van der Waals surface area contributed by atoms with Crippen molar-refractivity contribution < 1.29 is 19.1 Å². The van der Waals surface area contributed by atoms with E-state index in [0.717, 1.165) is 0 Å². The van der Waals surface area contributed by atoms with Crippen molar-refractivity contribution in [2.24, 2.45) is 0 Å². The summed E-state index contributed by atoms with van der Waals surface area (Å²) < 4.78 is 9.59. The van der Waals surface area contributed by atoms with Crippen LogP contribution in [0, 0.1) is 0 Å². The fourth-order valence-corrected chi connectivity index (χ4v) is 1.08.